The number of ether oxygens (including phenoxy) is 5. The molecule has 10 nitrogen and oxygen atoms in total. The van der Waals surface area contributed by atoms with E-state index in [0.717, 1.165) is 5.41 Å². The summed E-state index contributed by atoms with van der Waals surface area (Å²) in [5.74, 6) is 1.56. The molecule has 0 aliphatic carbocycles. The average molecular weight is 453 g/mol. The number of benzene rings is 2. The third-order valence-electron chi connectivity index (χ3n) is 4.06. The van der Waals surface area contributed by atoms with Crippen LogP contribution in [0.15, 0.2) is 35.7 Å². The summed E-state index contributed by atoms with van der Waals surface area (Å²) in [4.78, 5) is 10.6. The highest BCUT2D eigenvalue weighted by atomic mass is 32.2. The zero-order valence-corrected chi connectivity index (χ0v) is 18.2. The highest BCUT2D eigenvalue weighted by Gasteiger charge is 2.14. The lowest BCUT2D eigenvalue weighted by Crippen LogP contribution is -2.10. The third-order valence-corrected chi connectivity index (χ3v) is 5.07. The Morgan fingerprint density at radius 1 is 0.968 bits per heavy atom. The molecule has 31 heavy (non-hydrogen) atoms. The first-order chi connectivity index (χ1) is 14.7. The van der Waals surface area contributed by atoms with Crippen molar-refractivity contribution in [2.75, 3.05) is 33.2 Å². The van der Waals surface area contributed by atoms with Gasteiger partial charge in [0.2, 0.25) is 0 Å². The first-order valence-electron chi connectivity index (χ1n) is 8.76. The second-order valence-corrected chi connectivity index (χ2v) is 7.54. The summed E-state index contributed by atoms with van der Waals surface area (Å²) in [5, 5.41) is 9.63. The van der Waals surface area contributed by atoms with Gasteiger partial charge in [0.1, 0.15) is 29.6 Å². The summed E-state index contributed by atoms with van der Waals surface area (Å²) in [6.07, 6.45) is -0.129. The molecule has 2 aromatic carbocycles. The summed E-state index contributed by atoms with van der Waals surface area (Å²) in [6.45, 7) is -0.301. The fourth-order valence-corrected chi connectivity index (χ4v) is 3.49. The summed E-state index contributed by atoms with van der Waals surface area (Å²) >= 11 is 0. The summed E-state index contributed by atoms with van der Waals surface area (Å²) in [7, 11) is 1.84. The largest absolute Gasteiger partial charge is 0.506 e. The van der Waals surface area contributed by atoms with Gasteiger partial charge in [-0.15, -0.1) is 0 Å². The van der Waals surface area contributed by atoms with Crippen LogP contribution in [0.2, 0.25) is 0 Å². The Balaban J connectivity index is 2.31. The molecule has 0 saturated carbocycles. The average Bonchev–Trinajstić information content (AvgIpc) is 2.75. The maximum Gasteiger partial charge on any atom is 0.506 e. The summed E-state index contributed by atoms with van der Waals surface area (Å²) in [6, 6.07) is 7.59. The summed E-state index contributed by atoms with van der Waals surface area (Å²) < 4.78 is 53.0. The van der Waals surface area contributed by atoms with Crippen molar-refractivity contribution >= 4 is 27.9 Å². The van der Waals surface area contributed by atoms with Crippen LogP contribution in [0.5, 0.6) is 23.0 Å². The predicted octanol–water partition coefficient (Wildman–Crippen LogP) is 3.33. The zero-order chi connectivity index (χ0) is 23.0. The van der Waals surface area contributed by atoms with Gasteiger partial charge < -0.3 is 28.8 Å². The Hall–Kier alpha value is -3.60. The molecule has 2 rings (SSSR count). The van der Waals surface area contributed by atoms with Crippen molar-refractivity contribution in [3.05, 3.63) is 46.9 Å². The van der Waals surface area contributed by atoms with Gasteiger partial charge in [-0.1, -0.05) is 0 Å². The lowest BCUT2D eigenvalue weighted by molar-refractivity contribution is 0.0847. The minimum atomic E-state index is -3.94. The molecular formula is C20H23NO9S. The molecule has 0 spiro atoms. The first-order valence-corrected chi connectivity index (χ1v) is 10.3. The Bertz CT molecular complexity index is 1040. The zero-order valence-electron chi connectivity index (χ0n) is 17.4. The fraction of sp³-hybridized carbons (Fsp3) is 0.250. The molecule has 0 heterocycles. The molecular weight excluding hydrogens is 430 g/mol. The van der Waals surface area contributed by atoms with E-state index in [-0.39, 0.29) is 12.3 Å². The van der Waals surface area contributed by atoms with Crippen molar-refractivity contribution in [1.82, 2.24) is 0 Å². The van der Waals surface area contributed by atoms with Gasteiger partial charge in [0.05, 0.1) is 39.4 Å². The minimum absolute atomic E-state index is 0.197. The molecule has 0 radical (unpaired) electrons. The number of carboxylic acid groups (broad SMARTS) is 1. The molecule has 0 fully saturated rings. The number of rotatable bonds is 10. The molecule has 0 bridgehead atoms. The van der Waals surface area contributed by atoms with E-state index in [9.17, 15) is 13.2 Å². The third kappa shape index (κ3) is 6.44. The van der Waals surface area contributed by atoms with Crippen molar-refractivity contribution in [3.8, 4) is 23.0 Å². The van der Waals surface area contributed by atoms with Gasteiger partial charge in [-0.2, -0.15) is 0 Å². The molecule has 0 saturated heterocycles. The van der Waals surface area contributed by atoms with Crippen LogP contribution in [-0.2, 0) is 21.4 Å². The van der Waals surface area contributed by atoms with E-state index < -0.39 is 16.2 Å². The quantitative estimate of drug-likeness (QED) is 0.520. The monoisotopic (exact) mass is 453 g/mol. The first kappa shape index (κ1) is 23.7. The molecule has 0 atom stereocenters. The number of nitrogens with one attached hydrogen (secondary N) is 1. The second-order valence-electron chi connectivity index (χ2n) is 5.98. The van der Waals surface area contributed by atoms with Gasteiger partial charge in [-0.05, 0) is 24.3 Å². The molecule has 2 aromatic rings. The topological polar surface area (TPSA) is 130 Å². The number of hydrogen-bond acceptors (Lipinski definition) is 8. The standard InChI is InChI=1S/C20H23NO9S/c1-26-15-10-18(28-3)16(19(11-15)29-4)7-8-31(24,25)21-14-5-6-17(27-2)13(9-14)12-30-20(22)23/h5-11,21H,12H2,1-4H3,(H,22,23)/b8-7+. The number of hydrogen-bond donors (Lipinski definition) is 2. The van der Waals surface area contributed by atoms with Crippen LogP contribution < -0.4 is 23.7 Å². The van der Waals surface area contributed by atoms with Crippen LogP contribution in [-0.4, -0.2) is 48.1 Å². The molecule has 2 N–H and O–H groups in total. The summed E-state index contributed by atoms with van der Waals surface area (Å²) in [5.41, 5.74) is 0.956. The molecule has 0 unspecified atom stereocenters. The highest BCUT2D eigenvalue weighted by Crippen LogP contribution is 2.35. The Labute approximate surface area is 180 Å². The van der Waals surface area contributed by atoms with Gasteiger partial charge in [0.25, 0.3) is 10.0 Å². The van der Waals surface area contributed by atoms with Gasteiger partial charge in [0, 0.05) is 23.4 Å². The van der Waals surface area contributed by atoms with Crippen LogP contribution in [0.4, 0.5) is 10.5 Å². The van der Waals surface area contributed by atoms with Crippen LogP contribution >= 0.6 is 0 Å². The number of carbonyl (C=O) groups is 1. The molecule has 11 heteroatoms. The molecule has 168 valence electrons. The Kier molecular flexibility index (Phi) is 7.97. The van der Waals surface area contributed by atoms with E-state index in [1.807, 2.05) is 0 Å². The molecule has 0 aliphatic heterocycles. The SMILES string of the molecule is COc1cc(OC)c(/C=C/S(=O)(=O)Nc2ccc(OC)c(COC(=O)O)c2)c(OC)c1. The lowest BCUT2D eigenvalue weighted by atomic mass is 10.1. The van der Waals surface area contributed by atoms with E-state index in [2.05, 4.69) is 9.46 Å². The van der Waals surface area contributed by atoms with E-state index >= 15 is 0 Å². The van der Waals surface area contributed by atoms with Gasteiger partial charge in [-0.3, -0.25) is 4.72 Å². The van der Waals surface area contributed by atoms with Crippen molar-refractivity contribution < 1.29 is 42.0 Å². The number of anilines is 1. The lowest BCUT2D eigenvalue weighted by Gasteiger charge is -2.13. The fourth-order valence-electron chi connectivity index (χ4n) is 2.65. The van der Waals surface area contributed by atoms with E-state index in [1.54, 1.807) is 12.1 Å². The molecule has 0 aliphatic rings. The molecule has 0 aromatic heterocycles. The smallest absolute Gasteiger partial charge is 0.496 e. The maximum absolute atomic E-state index is 12.6. The van der Waals surface area contributed by atoms with Crippen LogP contribution in [0, 0.1) is 0 Å². The number of methoxy groups -OCH3 is 4. The van der Waals surface area contributed by atoms with E-state index in [4.69, 9.17) is 24.1 Å². The van der Waals surface area contributed by atoms with Crippen LogP contribution in [0.1, 0.15) is 11.1 Å². The van der Waals surface area contributed by atoms with Gasteiger partial charge in [0.15, 0.2) is 0 Å². The van der Waals surface area contributed by atoms with Crippen molar-refractivity contribution in [1.29, 1.82) is 0 Å². The van der Waals surface area contributed by atoms with Crippen LogP contribution in [0.25, 0.3) is 6.08 Å². The van der Waals surface area contributed by atoms with Crippen molar-refractivity contribution in [3.63, 3.8) is 0 Å². The minimum Gasteiger partial charge on any atom is -0.496 e. The van der Waals surface area contributed by atoms with E-state index in [1.165, 1.54) is 52.7 Å². The number of sulfonamides is 1. The maximum atomic E-state index is 12.6. The highest BCUT2D eigenvalue weighted by molar-refractivity contribution is 7.95. The Morgan fingerprint density at radius 2 is 1.58 bits per heavy atom. The predicted molar refractivity (Wildman–Crippen MR) is 113 cm³/mol. The Morgan fingerprint density at radius 3 is 2.10 bits per heavy atom. The molecule has 0 amide bonds. The van der Waals surface area contributed by atoms with Crippen molar-refractivity contribution in [2.45, 2.75) is 6.61 Å². The van der Waals surface area contributed by atoms with E-state index in [0.29, 0.717) is 34.1 Å². The van der Waals surface area contributed by atoms with Crippen LogP contribution in [0.3, 0.4) is 0 Å². The van der Waals surface area contributed by atoms with Crippen molar-refractivity contribution in [2.24, 2.45) is 0 Å². The second kappa shape index (κ2) is 10.4. The van der Waals surface area contributed by atoms with Gasteiger partial charge in [-0.25, -0.2) is 13.2 Å². The van der Waals surface area contributed by atoms with Gasteiger partial charge >= 0.3 is 6.16 Å². The normalized spacial score (nSPS) is 11.1.